The van der Waals surface area contributed by atoms with Gasteiger partial charge in [-0.15, -0.1) is 0 Å². The molecule has 0 saturated carbocycles. The van der Waals surface area contributed by atoms with Crippen molar-refractivity contribution < 1.29 is 27.5 Å². The SMILES string of the molecule is NC(=O)N1CCC[C@H]1COC(=O)c1ccc(C(F)(F)F)cc1. The number of amides is 2. The second-order valence-electron chi connectivity index (χ2n) is 5.00. The van der Waals surface area contributed by atoms with Crippen molar-refractivity contribution in [1.29, 1.82) is 0 Å². The van der Waals surface area contributed by atoms with Crippen LogP contribution in [-0.2, 0) is 10.9 Å². The Balaban J connectivity index is 1.94. The molecule has 1 heterocycles. The van der Waals surface area contributed by atoms with Gasteiger partial charge < -0.3 is 15.4 Å². The fourth-order valence-electron chi connectivity index (χ4n) is 2.35. The standard InChI is InChI=1S/C14H15F3N2O3/c15-14(16,17)10-5-3-9(4-6-10)12(20)22-8-11-2-1-7-19(11)13(18)21/h3-6,11H,1-2,7-8H2,(H2,18,21)/t11-/m0/s1. The summed E-state index contributed by atoms with van der Waals surface area (Å²) in [6.45, 7) is 0.487. The Labute approximate surface area is 124 Å². The van der Waals surface area contributed by atoms with Gasteiger partial charge in [0.2, 0.25) is 0 Å². The summed E-state index contributed by atoms with van der Waals surface area (Å²) in [4.78, 5) is 24.4. The Hall–Kier alpha value is -2.25. The number of urea groups is 1. The predicted octanol–water partition coefficient (Wildman–Crippen LogP) is 2.41. The molecule has 0 spiro atoms. The van der Waals surface area contributed by atoms with Gasteiger partial charge in [-0.2, -0.15) is 13.2 Å². The molecule has 1 saturated heterocycles. The quantitative estimate of drug-likeness (QED) is 0.870. The van der Waals surface area contributed by atoms with Crippen LogP contribution in [0.2, 0.25) is 0 Å². The van der Waals surface area contributed by atoms with E-state index >= 15 is 0 Å². The van der Waals surface area contributed by atoms with Crippen molar-refractivity contribution in [2.75, 3.05) is 13.2 Å². The first-order chi connectivity index (χ1) is 10.3. The van der Waals surface area contributed by atoms with E-state index in [2.05, 4.69) is 0 Å². The lowest BCUT2D eigenvalue weighted by molar-refractivity contribution is -0.137. The number of halogens is 3. The molecule has 120 valence electrons. The maximum Gasteiger partial charge on any atom is 0.416 e. The highest BCUT2D eigenvalue weighted by atomic mass is 19.4. The fourth-order valence-corrected chi connectivity index (χ4v) is 2.35. The number of hydrogen-bond donors (Lipinski definition) is 1. The molecular weight excluding hydrogens is 301 g/mol. The number of carbonyl (C=O) groups excluding carboxylic acids is 2. The Morgan fingerprint density at radius 2 is 1.91 bits per heavy atom. The van der Waals surface area contributed by atoms with E-state index in [0.29, 0.717) is 13.0 Å². The van der Waals surface area contributed by atoms with Crippen LogP contribution in [-0.4, -0.2) is 36.1 Å². The third kappa shape index (κ3) is 3.69. The molecule has 5 nitrogen and oxygen atoms in total. The van der Waals surface area contributed by atoms with E-state index < -0.39 is 23.7 Å². The first-order valence-corrected chi connectivity index (χ1v) is 6.69. The average Bonchev–Trinajstić information content (AvgIpc) is 2.92. The molecule has 0 radical (unpaired) electrons. The molecule has 1 aliphatic rings. The molecule has 1 aromatic carbocycles. The summed E-state index contributed by atoms with van der Waals surface area (Å²) in [6, 6.07) is 2.91. The zero-order chi connectivity index (χ0) is 16.3. The number of likely N-dealkylation sites (tertiary alicyclic amines) is 1. The second kappa shape index (κ2) is 6.25. The van der Waals surface area contributed by atoms with E-state index in [-0.39, 0.29) is 18.2 Å². The van der Waals surface area contributed by atoms with Crippen LogP contribution in [0.25, 0.3) is 0 Å². The summed E-state index contributed by atoms with van der Waals surface area (Å²) in [5.74, 6) is -0.731. The first-order valence-electron chi connectivity index (χ1n) is 6.69. The van der Waals surface area contributed by atoms with E-state index in [4.69, 9.17) is 10.5 Å². The largest absolute Gasteiger partial charge is 0.460 e. The van der Waals surface area contributed by atoms with Crippen LogP contribution >= 0.6 is 0 Å². The summed E-state index contributed by atoms with van der Waals surface area (Å²) >= 11 is 0. The highest BCUT2D eigenvalue weighted by Crippen LogP contribution is 2.29. The summed E-state index contributed by atoms with van der Waals surface area (Å²) in [5.41, 5.74) is 4.39. The number of hydrogen-bond acceptors (Lipinski definition) is 3. The number of rotatable bonds is 3. The van der Waals surface area contributed by atoms with Crippen LogP contribution < -0.4 is 5.73 Å². The molecule has 2 rings (SSSR count). The first kappa shape index (κ1) is 16.1. The maximum atomic E-state index is 12.4. The van der Waals surface area contributed by atoms with E-state index in [0.717, 1.165) is 30.7 Å². The van der Waals surface area contributed by atoms with Crippen molar-refractivity contribution in [1.82, 2.24) is 4.90 Å². The minimum atomic E-state index is -4.45. The van der Waals surface area contributed by atoms with Crippen molar-refractivity contribution in [3.63, 3.8) is 0 Å². The fraction of sp³-hybridized carbons (Fsp3) is 0.429. The number of nitrogens with zero attached hydrogens (tertiary/aromatic N) is 1. The van der Waals surface area contributed by atoms with Crippen LogP contribution in [0.1, 0.15) is 28.8 Å². The summed E-state index contributed by atoms with van der Waals surface area (Å²) in [5, 5.41) is 0. The third-order valence-corrected chi connectivity index (χ3v) is 3.51. The van der Waals surface area contributed by atoms with Crippen molar-refractivity contribution >= 4 is 12.0 Å². The number of esters is 1. The van der Waals surface area contributed by atoms with Crippen LogP contribution in [0.15, 0.2) is 24.3 Å². The number of primary amides is 1. The Morgan fingerprint density at radius 3 is 2.45 bits per heavy atom. The Bertz CT molecular complexity index is 557. The normalized spacial score (nSPS) is 18.3. The lowest BCUT2D eigenvalue weighted by atomic mass is 10.1. The number of alkyl halides is 3. The molecule has 1 atom stereocenters. The van der Waals surface area contributed by atoms with Gasteiger partial charge in [0.15, 0.2) is 0 Å². The van der Waals surface area contributed by atoms with Gasteiger partial charge in [0.05, 0.1) is 17.2 Å². The van der Waals surface area contributed by atoms with Crippen molar-refractivity contribution in [3.05, 3.63) is 35.4 Å². The van der Waals surface area contributed by atoms with Crippen LogP contribution in [0.5, 0.6) is 0 Å². The molecule has 2 N–H and O–H groups in total. The zero-order valence-electron chi connectivity index (χ0n) is 11.6. The van der Waals surface area contributed by atoms with E-state index in [9.17, 15) is 22.8 Å². The predicted molar refractivity (Wildman–Crippen MR) is 71.0 cm³/mol. The molecule has 0 unspecified atom stereocenters. The van der Waals surface area contributed by atoms with Gasteiger partial charge in [-0.3, -0.25) is 0 Å². The third-order valence-electron chi connectivity index (χ3n) is 3.51. The Morgan fingerprint density at radius 1 is 1.27 bits per heavy atom. The number of carbonyl (C=O) groups is 2. The zero-order valence-corrected chi connectivity index (χ0v) is 11.6. The highest BCUT2D eigenvalue weighted by molar-refractivity contribution is 5.89. The van der Waals surface area contributed by atoms with Gasteiger partial charge in [0.25, 0.3) is 0 Å². The lowest BCUT2D eigenvalue weighted by Gasteiger charge is -2.22. The number of benzene rings is 1. The van der Waals surface area contributed by atoms with Crippen LogP contribution in [0, 0.1) is 0 Å². The summed E-state index contributed by atoms with van der Waals surface area (Å²) < 4.78 is 42.3. The van der Waals surface area contributed by atoms with Gasteiger partial charge in [0.1, 0.15) is 6.61 Å². The molecule has 8 heteroatoms. The van der Waals surface area contributed by atoms with Crippen LogP contribution in [0.4, 0.5) is 18.0 Å². The molecule has 22 heavy (non-hydrogen) atoms. The van der Waals surface area contributed by atoms with Crippen molar-refractivity contribution in [2.24, 2.45) is 5.73 Å². The molecule has 0 bridgehead atoms. The minimum absolute atomic E-state index is 0.0246. The van der Waals surface area contributed by atoms with Gasteiger partial charge in [-0.25, -0.2) is 9.59 Å². The van der Waals surface area contributed by atoms with Gasteiger partial charge in [-0.1, -0.05) is 0 Å². The van der Waals surface area contributed by atoms with E-state index in [1.807, 2.05) is 0 Å². The number of nitrogens with two attached hydrogens (primary N) is 1. The highest BCUT2D eigenvalue weighted by Gasteiger charge is 2.31. The summed E-state index contributed by atoms with van der Waals surface area (Å²) in [6.07, 6.45) is -3.01. The second-order valence-corrected chi connectivity index (χ2v) is 5.00. The number of ether oxygens (including phenoxy) is 1. The topological polar surface area (TPSA) is 72.6 Å². The smallest absolute Gasteiger partial charge is 0.416 e. The van der Waals surface area contributed by atoms with E-state index in [1.165, 1.54) is 4.90 Å². The molecule has 0 aliphatic carbocycles. The molecular formula is C14H15F3N2O3. The van der Waals surface area contributed by atoms with Gasteiger partial charge in [-0.05, 0) is 37.1 Å². The van der Waals surface area contributed by atoms with Crippen molar-refractivity contribution in [3.8, 4) is 0 Å². The van der Waals surface area contributed by atoms with Gasteiger partial charge in [0, 0.05) is 6.54 Å². The van der Waals surface area contributed by atoms with Crippen LogP contribution in [0.3, 0.4) is 0 Å². The van der Waals surface area contributed by atoms with E-state index in [1.54, 1.807) is 0 Å². The monoisotopic (exact) mass is 316 g/mol. The molecule has 1 aromatic rings. The molecule has 0 aromatic heterocycles. The molecule has 1 aliphatic heterocycles. The molecule has 2 amide bonds. The molecule has 1 fully saturated rings. The summed E-state index contributed by atoms with van der Waals surface area (Å²) in [7, 11) is 0. The Kier molecular flexibility index (Phi) is 4.58. The maximum absolute atomic E-state index is 12.4. The van der Waals surface area contributed by atoms with Gasteiger partial charge >= 0.3 is 18.2 Å². The minimum Gasteiger partial charge on any atom is -0.460 e. The lowest BCUT2D eigenvalue weighted by Crippen LogP contribution is -2.41. The average molecular weight is 316 g/mol. The van der Waals surface area contributed by atoms with Crippen molar-refractivity contribution in [2.45, 2.75) is 25.1 Å².